The number of ether oxygens (including phenoxy) is 1. The van der Waals surface area contributed by atoms with E-state index in [2.05, 4.69) is 15.9 Å². The highest BCUT2D eigenvalue weighted by molar-refractivity contribution is 9.10. The van der Waals surface area contributed by atoms with E-state index in [0.717, 1.165) is 21.4 Å². The predicted octanol–water partition coefficient (Wildman–Crippen LogP) is 2.85. The van der Waals surface area contributed by atoms with Gasteiger partial charge in [-0.1, -0.05) is 22.0 Å². The predicted molar refractivity (Wildman–Crippen MR) is 61.4 cm³/mol. The molecule has 1 aromatic rings. The van der Waals surface area contributed by atoms with E-state index >= 15 is 0 Å². The quantitative estimate of drug-likeness (QED) is 0.902. The number of hydrogen-bond acceptors (Lipinski definition) is 2. The fraction of sp³-hybridized carbons (Fsp3) is 0.273. The van der Waals surface area contributed by atoms with E-state index in [-0.39, 0.29) is 6.61 Å². The van der Waals surface area contributed by atoms with Gasteiger partial charge in [-0.25, -0.2) is 0 Å². The van der Waals surface area contributed by atoms with Crippen LogP contribution in [0.3, 0.4) is 0 Å². The second-order valence-electron chi connectivity index (χ2n) is 3.04. The Kier molecular flexibility index (Phi) is 4.17. The molecule has 0 aliphatic heterocycles. The van der Waals surface area contributed by atoms with E-state index in [1.54, 1.807) is 7.11 Å². The molecule has 0 fully saturated rings. The van der Waals surface area contributed by atoms with Crippen LogP contribution in [-0.4, -0.2) is 18.8 Å². The zero-order chi connectivity index (χ0) is 10.6. The maximum Gasteiger partial charge on any atom is 0.119 e. The molecule has 0 unspecified atom stereocenters. The molecule has 0 heterocycles. The number of benzene rings is 1. The Bertz CT molecular complexity index is 345. The smallest absolute Gasteiger partial charge is 0.119 e. The zero-order valence-electron chi connectivity index (χ0n) is 8.25. The first-order valence-electron chi connectivity index (χ1n) is 4.29. The van der Waals surface area contributed by atoms with Crippen LogP contribution in [0.2, 0.25) is 0 Å². The molecule has 0 atom stereocenters. The van der Waals surface area contributed by atoms with Gasteiger partial charge in [0.2, 0.25) is 0 Å². The van der Waals surface area contributed by atoms with E-state index < -0.39 is 0 Å². The van der Waals surface area contributed by atoms with Crippen LogP contribution in [0.1, 0.15) is 12.5 Å². The maximum absolute atomic E-state index is 8.90. The van der Waals surface area contributed by atoms with E-state index in [1.807, 2.05) is 31.2 Å². The van der Waals surface area contributed by atoms with Gasteiger partial charge >= 0.3 is 0 Å². The molecular weight excluding hydrogens is 244 g/mol. The van der Waals surface area contributed by atoms with Crippen molar-refractivity contribution >= 4 is 22.0 Å². The van der Waals surface area contributed by atoms with E-state index in [0.29, 0.717) is 0 Å². The summed E-state index contributed by atoms with van der Waals surface area (Å²) in [6.45, 7) is 1.95. The molecule has 0 saturated carbocycles. The van der Waals surface area contributed by atoms with Gasteiger partial charge in [-0.3, -0.25) is 0 Å². The molecule has 14 heavy (non-hydrogen) atoms. The van der Waals surface area contributed by atoms with Crippen LogP contribution in [0, 0.1) is 0 Å². The van der Waals surface area contributed by atoms with Gasteiger partial charge in [-0.2, -0.15) is 0 Å². The molecule has 2 nitrogen and oxygen atoms in total. The average Bonchev–Trinajstić information content (AvgIpc) is 2.21. The third-order valence-corrected chi connectivity index (χ3v) is 2.58. The Morgan fingerprint density at radius 3 is 2.86 bits per heavy atom. The topological polar surface area (TPSA) is 29.5 Å². The molecule has 0 saturated heterocycles. The first-order valence-corrected chi connectivity index (χ1v) is 5.08. The molecule has 76 valence electrons. The molecule has 3 heteroatoms. The Labute approximate surface area is 92.3 Å². The molecule has 0 radical (unpaired) electrons. The Morgan fingerprint density at radius 1 is 1.57 bits per heavy atom. The SMILES string of the molecule is COc1ccc(Br)c(/C=C(/C)CO)c1. The van der Waals surface area contributed by atoms with Gasteiger partial charge in [-0.05, 0) is 36.3 Å². The summed E-state index contributed by atoms with van der Waals surface area (Å²) < 4.78 is 6.10. The highest BCUT2D eigenvalue weighted by atomic mass is 79.9. The lowest BCUT2D eigenvalue weighted by Gasteiger charge is -2.04. The average molecular weight is 257 g/mol. The molecule has 1 aromatic carbocycles. The van der Waals surface area contributed by atoms with Crippen LogP contribution in [0.25, 0.3) is 6.08 Å². The summed E-state index contributed by atoms with van der Waals surface area (Å²) in [4.78, 5) is 0. The summed E-state index contributed by atoms with van der Waals surface area (Å²) in [5.41, 5.74) is 1.93. The fourth-order valence-electron chi connectivity index (χ4n) is 1.07. The van der Waals surface area contributed by atoms with Gasteiger partial charge in [0.05, 0.1) is 13.7 Å². The summed E-state index contributed by atoms with van der Waals surface area (Å²) in [5.74, 6) is 0.810. The minimum absolute atomic E-state index is 0.0731. The molecule has 0 bridgehead atoms. The lowest BCUT2D eigenvalue weighted by molar-refractivity contribution is 0.332. The minimum Gasteiger partial charge on any atom is -0.497 e. The lowest BCUT2D eigenvalue weighted by atomic mass is 10.1. The normalized spacial score (nSPS) is 11.6. The molecule has 1 rings (SSSR count). The third-order valence-electron chi connectivity index (χ3n) is 1.85. The number of methoxy groups -OCH3 is 1. The van der Waals surface area contributed by atoms with Crippen LogP contribution >= 0.6 is 15.9 Å². The van der Waals surface area contributed by atoms with Crippen molar-refractivity contribution in [2.45, 2.75) is 6.92 Å². The molecule has 1 N–H and O–H groups in total. The monoisotopic (exact) mass is 256 g/mol. The Balaban J connectivity index is 3.06. The summed E-state index contributed by atoms with van der Waals surface area (Å²) in [6.07, 6.45) is 1.92. The van der Waals surface area contributed by atoms with Crippen LogP contribution in [0.5, 0.6) is 5.75 Å². The molecule has 0 aromatic heterocycles. The number of hydrogen-bond donors (Lipinski definition) is 1. The lowest BCUT2D eigenvalue weighted by Crippen LogP contribution is -1.87. The molecule has 0 aliphatic carbocycles. The maximum atomic E-state index is 8.90. The van der Waals surface area contributed by atoms with Crippen molar-refractivity contribution in [3.05, 3.63) is 33.8 Å². The first kappa shape index (κ1) is 11.3. The highest BCUT2D eigenvalue weighted by Gasteiger charge is 1.99. The van der Waals surface area contributed by atoms with Gasteiger partial charge in [0, 0.05) is 4.47 Å². The number of rotatable bonds is 3. The summed E-state index contributed by atoms with van der Waals surface area (Å²) in [5, 5.41) is 8.90. The van der Waals surface area contributed by atoms with Crippen LogP contribution in [0.4, 0.5) is 0 Å². The largest absolute Gasteiger partial charge is 0.497 e. The molecular formula is C11H13BrO2. The fourth-order valence-corrected chi connectivity index (χ4v) is 1.43. The molecule has 0 spiro atoms. The van der Waals surface area contributed by atoms with Crippen LogP contribution < -0.4 is 4.74 Å². The van der Waals surface area contributed by atoms with Gasteiger partial charge < -0.3 is 9.84 Å². The van der Waals surface area contributed by atoms with Crippen LogP contribution in [-0.2, 0) is 0 Å². The van der Waals surface area contributed by atoms with Crippen molar-refractivity contribution in [2.75, 3.05) is 13.7 Å². The van der Waals surface area contributed by atoms with E-state index in [1.165, 1.54) is 0 Å². The number of halogens is 1. The third kappa shape index (κ3) is 2.86. The summed E-state index contributed by atoms with van der Waals surface area (Å²) >= 11 is 3.44. The first-order chi connectivity index (χ1) is 6.67. The van der Waals surface area contributed by atoms with E-state index in [4.69, 9.17) is 9.84 Å². The standard InChI is InChI=1S/C11H13BrO2/c1-8(7-13)5-9-6-10(14-2)3-4-11(9)12/h3-6,13H,7H2,1-2H3/b8-5-. The van der Waals surface area contributed by atoms with Crippen molar-refractivity contribution in [1.29, 1.82) is 0 Å². The van der Waals surface area contributed by atoms with Crippen molar-refractivity contribution < 1.29 is 9.84 Å². The van der Waals surface area contributed by atoms with Crippen molar-refractivity contribution in [2.24, 2.45) is 0 Å². The van der Waals surface area contributed by atoms with Crippen LogP contribution in [0.15, 0.2) is 28.2 Å². The van der Waals surface area contributed by atoms with Crippen molar-refractivity contribution in [3.8, 4) is 5.75 Å². The van der Waals surface area contributed by atoms with Crippen molar-refractivity contribution in [3.63, 3.8) is 0 Å². The van der Waals surface area contributed by atoms with E-state index in [9.17, 15) is 0 Å². The molecule has 0 aliphatic rings. The second-order valence-corrected chi connectivity index (χ2v) is 3.89. The number of aliphatic hydroxyl groups excluding tert-OH is 1. The highest BCUT2D eigenvalue weighted by Crippen LogP contribution is 2.24. The second kappa shape index (κ2) is 5.17. The van der Waals surface area contributed by atoms with Gasteiger partial charge in [-0.15, -0.1) is 0 Å². The summed E-state index contributed by atoms with van der Waals surface area (Å²) in [7, 11) is 1.63. The van der Waals surface area contributed by atoms with Gasteiger partial charge in [0.15, 0.2) is 0 Å². The Morgan fingerprint density at radius 2 is 2.29 bits per heavy atom. The minimum atomic E-state index is 0.0731. The number of aliphatic hydroxyl groups is 1. The van der Waals surface area contributed by atoms with Gasteiger partial charge in [0.1, 0.15) is 5.75 Å². The molecule has 0 amide bonds. The zero-order valence-corrected chi connectivity index (χ0v) is 9.84. The summed E-state index contributed by atoms with van der Waals surface area (Å²) in [6, 6.07) is 5.73. The Hall–Kier alpha value is -0.800. The van der Waals surface area contributed by atoms with Gasteiger partial charge in [0.25, 0.3) is 0 Å². The van der Waals surface area contributed by atoms with Crippen molar-refractivity contribution in [1.82, 2.24) is 0 Å².